The number of nitrogens with zero attached hydrogens (tertiary/aromatic N) is 1. The van der Waals surface area contributed by atoms with E-state index in [1.165, 1.54) is 4.90 Å². The van der Waals surface area contributed by atoms with Gasteiger partial charge in [0.2, 0.25) is 0 Å². The number of thioether (sulfide) groups is 1. The third kappa shape index (κ3) is 4.25. The molecule has 1 aromatic carbocycles. The second-order valence-electron chi connectivity index (χ2n) is 4.51. The van der Waals surface area contributed by atoms with Gasteiger partial charge in [-0.05, 0) is 38.6 Å². The van der Waals surface area contributed by atoms with Crippen LogP contribution in [0.2, 0.25) is 0 Å². The Morgan fingerprint density at radius 1 is 1.56 bits per heavy atom. The predicted octanol–water partition coefficient (Wildman–Crippen LogP) is 3.07. The van der Waals surface area contributed by atoms with Crippen molar-refractivity contribution in [3.8, 4) is 11.8 Å². The summed E-state index contributed by atoms with van der Waals surface area (Å²) < 4.78 is 5.20. The maximum Gasteiger partial charge on any atom is 0.119 e. The van der Waals surface area contributed by atoms with Crippen molar-refractivity contribution in [2.45, 2.75) is 36.0 Å². The molecule has 0 saturated carbocycles. The fourth-order valence-corrected chi connectivity index (χ4v) is 2.95. The first-order valence-electron chi connectivity index (χ1n) is 5.94. The third-order valence-corrected chi connectivity index (χ3v) is 3.97. The summed E-state index contributed by atoms with van der Waals surface area (Å²) in [6.07, 6.45) is 0.794. The molecule has 0 amide bonds. The lowest BCUT2D eigenvalue weighted by molar-refractivity contribution is 0.413. The second-order valence-corrected chi connectivity index (χ2v) is 6.02. The van der Waals surface area contributed by atoms with Crippen molar-refractivity contribution >= 4 is 11.8 Å². The number of hydrogen-bond acceptors (Lipinski definition) is 4. The Kier molecular flexibility index (Phi) is 5.52. The summed E-state index contributed by atoms with van der Waals surface area (Å²) in [5.41, 5.74) is -0.467. The lowest BCUT2D eigenvalue weighted by Gasteiger charge is -2.24. The summed E-state index contributed by atoms with van der Waals surface area (Å²) in [6, 6.07) is 10.3. The van der Waals surface area contributed by atoms with Crippen LogP contribution in [0.15, 0.2) is 29.2 Å². The zero-order chi connectivity index (χ0) is 13.6. The van der Waals surface area contributed by atoms with Crippen molar-refractivity contribution in [2.75, 3.05) is 14.2 Å². The van der Waals surface area contributed by atoms with Crippen molar-refractivity contribution in [2.24, 2.45) is 0 Å². The molecule has 0 spiro atoms. The molecule has 0 fully saturated rings. The number of benzene rings is 1. The van der Waals surface area contributed by atoms with Crippen LogP contribution >= 0.6 is 11.8 Å². The van der Waals surface area contributed by atoms with Crippen molar-refractivity contribution < 1.29 is 4.74 Å². The lowest BCUT2D eigenvalue weighted by Crippen LogP contribution is -2.40. The van der Waals surface area contributed by atoms with Crippen LogP contribution in [0.1, 0.15) is 20.3 Å². The van der Waals surface area contributed by atoms with Crippen molar-refractivity contribution in [1.82, 2.24) is 5.32 Å². The average Bonchev–Trinajstić information content (AvgIpc) is 2.38. The number of nitrogens with one attached hydrogen (secondary N) is 1. The molecule has 0 saturated heterocycles. The highest BCUT2D eigenvalue weighted by atomic mass is 32.2. The molecule has 1 aromatic rings. The summed E-state index contributed by atoms with van der Waals surface area (Å²) >= 11 is 1.76. The SMILES string of the molecule is CNC(C)(C#N)CC(C)Sc1cccc(OC)c1. The number of methoxy groups -OCH3 is 1. The van der Waals surface area contributed by atoms with Gasteiger partial charge in [-0.25, -0.2) is 0 Å². The molecule has 0 heterocycles. The molecule has 0 aliphatic carbocycles. The highest BCUT2D eigenvalue weighted by molar-refractivity contribution is 7.99. The number of rotatable bonds is 6. The normalized spacial score (nSPS) is 15.5. The van der Waals surface area contributed by atoms with E-state index in [0.717, 1.165) is 12.2 Å². The Morgan fingerprint density at radius 3 is 2.83 bits per heavy atom. The number of nitriles is 1. The molecule has 18 heavy (non-hydrogen) atoms. The first-order chi connectivity index (χ1) is 8.53. The molecule has 0 radical (unpaired) electrons. The van der Waals surface area contributed by atoms with Gasteiger partial charge in [0.1, 0.15) is 11.3 Å². The van der Waals surface area contributed by atoms with E-state index in [0.29, 0.717) is 5.25 Å². The van der Waals surface area contributed by atoms with E-state index in [1.807, 2.05) is 32.2 Å². The quantitative estimate of drug-likeness (QED) is 0.802. The fourth-order valence-electron chi connectivity index (χ4n) is 1.73. The molecule has 98 valence electrons. The smallest absolute Gasteiger partial charge is 0.119 e. The minimum Gasteiger partial charge on any atom is -0.497 e. The van der Waals surface area contributed by atoms with Crippen LogP contribution in [-0.4, -0.2) is 24.9 Å². The molecule has 2 atom stereocenters. The van der Waals surface area contributed by atoms with Gasteiger partial charge in [0.25, 0.3) is 0 Å². The standard InChI is InChI=1S/C14H20N2OS/c1-11(9-14(2,10-15)16-3)18-13-7-5-6-12(8-13)17-4/h5-8,11,16H,9H2,1-4H3. The maximum atomic E-state index is 9.14. The second kappa shape index (κ2) is 6.67. The van der Waals surface area contributed by atoms with E-state index < -0.39 is 5.54 Å². The summed E-state index contributed by atoms with van der Waals surface area (Å²) in [5, 5.41) is 12.6. The summed E-state index contributed by atoms with van der Waals surface area (Å²) in [4.78, 5) is 1.17. The summed E-state index contributed by atoms with van der Waals surface area (Å²) in [6.45, 7) is 4.06. The highest BCUT2D eigenvalue weighted by Crippen LogP contribution is 2.30. The van der Waals surface area contributed by atoms with E-state index >= 15 is 0 Å². The molecule has 0 aliphatic rings. The van der Waals surface area contributed by atoms with Crippen LogP contribution in [0.4, 0.5) is 0 Å². The number of hydrogen-bond donors (Lipinski definition) is 1. The maximum absolute atomic E-state index is 9.14. The molecule has 4 heteroatoms. The van der Waals surface area contributed by atoms with Gasteiger partial charge in [0.15, 0.2) is 0 Å². The molecular weight excluding hydrogens is 244 g/mol. The van der Waals surface area contributed by atoms with E-state index in [9.17, 15) is 0 Å². The van der Waals surface area contributed by atoms with Crippen molar-refractivity contribution in [1.29, 1.82) is 5.26 Å². The highest BCUT2D eigenvalue weighted by Gasteiger charge is 2.24. The van der Waals surface area contributed by atoms with Crippen LogP contribution in [0.25, 0.3) is 0 Å². The molecule has 3 nitrogen and oxygen atoms in total. The molecule has 2 unspecified atom stereocenters. The van der Waals surface area contributed by atoms with Gasteiger partial charge in [0.05, 0.1) is 13.2 Å². The monoisotopic (exact) mass is 264 g/mol. The average molecular weight is 264 g/mol. The minimum absolute atomic E-state index is 0.356. The van der Waals surface area contributed by atoms with E-state index in [4.69, 9.17) is 10.00 Å². The Balaban J connectivity index is 2.64. The van der Waals surface area contributed by atoms with Crippen molar-refractivity contribution in [3.63, 3.8) is 0 Å². The lowest BCUT2D eigenvalue weighted by atomic mass is 9.98. The largest absolute Gasteiger partial charge is 0.497 e. The molecule has 1 rings (SSSR count). The Hall–Kier alpha value is -1.18. The van der Waals surface area contributed by atoms with E-state index in [1.54, 1.807) is 18.9 Å². The van der Waals surface area contributed by atoms with Gasteiger partial charge in [-0.1, -0.05) is 13.0 Å². The Labute approximate surface area is 114 Å². The van der Waals surface area contributed by atoms with Crippen molar-refractivity contribution in [3.05, 3.63) is 24.3 Å². The first-order valence-corrected chi connectivity index (χ1v) is 6.82. The third-order valence-electron chi connectivity index (χ3n) is 2.87. The van der Waals surface area contributed by atoms with Gasteiger partial charge in [-0.15, -0.1) is 11.8 Å². The van der Waals surface area contributed by atoms with E-state index in [2.05, 4.69) is 24.4 Å². The summed E-state index contributed by atoms with van der Waals surface area (Å²) in [5.74, 6) is 0.865. The van der Waals surface area contributed by atoms with Crippen LogP contribution in [0.3, 0.4) is 0 Å². The topological polar surface area (TPSA) is 45.0 Å². The molecule has 0 aromatic heterocycles. The number of ether oxygens (including phenoxy) is 1. The Morgan fingerprint density at radius 2 is 2.28 bits per heavy atom. The van der Waals surface area contributed by atoms with Gasteiger partial charge < -0.3 is 10.1 Å². The fraction of sp³-hybridized carbons (Fsp3) is 0.500. The first kappa shape index (κ1) is 14.9. The minimum atomic E-state index is -0.467. The molecule has 0 bridgehead atoms. The van der Waals surface area contributed by atoms with Crippen LogP contribution in [-0.2, 0) is 0 Å². The van der Waals surface area contributed by atoms with Gasteiger partial charge in [0, 0.05) is 10.1 Å². The van der Waals surface area contributed by atoms with E-state index in [-0.39, 0.29) is 0 Å². The van der Waals surface area contributed by atoms with Gasteiger partial charge in [-0.3, -0.25) is 0 Å². The summed E-state index contributed by atoms with van der Waals surface area (Å²) in [7, 11) is 3.49. The zero-order valence-electron chi connectivity index (χ0n) is 11.4. The van der Waals surface area contributed by atoms with Crippen LogP contribution < -0.4 is 10.1 Å². The van der Waals surface area contributed by atoms with Crippen LogP contribution in [0, 0.1) is 11.3 Å². The van der Waals surface area contributed by atoms with Gasteiger partial charge in [-0.2, -0.15) is 5.26 Å². The molecule has 1 N–H and O–H groups in total. The van der Waals surface area contributed by atoms with Crippen LogP contribution in [0.5, 0.6) is 5.75 Å². The van der Waals surface area contributed by atoms with Gasteiger partial charge >= 0.3 is 0 Å². The predicted molar refractivity (Wildman–Crippen MR) is 76.0 cm³/mol. The molecular formula is C14H20N2OS. The zero-order valence-corrected chi connectivity index (χ0v) is 12.2. The molecule has 0 aliphatic heterocycles. The Bertz CT molecular complexity index is 430.